The van der Waals surface area contributed by atoms with Crippen LogP contribution < -0.4 is 0 Å². The fourth-order valence-electron chi connectivity index (χ4n) is 1.65. The van der Waals surface area contributed by atoms with Crippen molar-refractivity contribution in [2.45, 2.75) is 33.6 Å². The van der Waals surface area contributed by atoms with Gasteiger partial charge in [-0.05, 0) is 38.3 Å². The number of likely N-dealkylation sites (tertiary alicyclic amines) is 1. The number of allylic oxidation sites excluding steroid dienone is 1. The molecule has 0 saturated carbocycles. The molecule has 0 atom stereocenters. The van der Waals surface area contributed by atoms with Crippen molar-refractivity contribution in [3.8, 4) is 6.07 Å². The minimum Gasteiger partial charge on any atom is -0.300 e. The van der Waals surface area contributed by atoms with Gasteiger partial charge in [-0.2, -0.15) is 5.26 Å². The number of hydrogen-bond acceptors (Lipinski definition) is 2. The number of piperidine rings is 1. The summed E-state index contributed by atoms with van der Waals surface area (Å²) in [6, 6.07) is 2.16. The van der Waals surface area contributed by atoms with Crippen molar-refractivity contribution in [2.24, 2.45) is 5.41 Å². The molecule has 1 heterocycles. The summed E-state index contributed by atoms with van der Waals surface area (Å²) in [5.74, 6) is 0. The third-order valence-electron chi connectivity index (χ3n) is 3.04. The van der Waals surface area contributed by atoms with Crippen molar-refractivity contribution in [1.29, 1.82) is 5.26 Å². The number of rotatable bonds is 2. The molecular formula is C12H20N2. The number of nitriles is 1. The average molecular weight is 192 g/mol. The van der Waals surface area contributed by atoms with Gasteiger partial charge in [-0.15, -0.1) is 0 Å². The van der Waals surface area contributed by atoms with Crippen molar-refractivity contribution in [3.63, 3.8) is 0 Å². The highest BCUT2D eigenvalue weighted by Gasteiger charge is 2.24. The molecule has 0 aromatic carbocycles. The van der Waals surface area contributed by atoms with Gasteiger partial charge in [-0.3, -0.25) is 4.90 Å². The Kier molecular flexibility index (Phi) is 3.71. The zero-order chi connectivity index (χ0) is 10.6. The van der Waals surface area contributed by atoms with Gasteiger partial charge in [0.2, 0.25) is 0 Å². The number of hydrogen-bond donors (Lipinski definition) is 0. The molecule has 14 heavy (non-hydrogen) atoms. The summed E-state index contributed by atoms with van der Waals surface area (Å²) in [5, 5.41) is 8.61. The molecule has 2 nitrogen and oxygen atoms in total. The van der Waals surface area contributed by atoms with Crippen LogP contribution in [-0.2, 0) is 0 Å². The van der Waals surface area contributed by atoms with Crippen LogP contribution in [0.5, 0.6) is 0 Å². The van der Waals surface area contributed by atoms with E-state index in [1.807, 2.05) is 13.0 Å². The smallest absolute Gasteiger partial charge is 0.0941 e. The van der Waals surface area contributed by atoms with Gasteiger partial charge in [0, 0.05) is 12.1 Å². The highest BCUT2D eigenvalue weighted by Crippen LogP contribution is 2.29. The zero-order valence-corrected chi connectivity index (χ0v) is 9.51. The van der Waals surface area contributed by atoms with Crippen LogP contribution in [0.4, 0.5) is 0 Å². The summed E-state index contributed by atoms with van der Waals surface area (Å²) in [7, 11) is 0. The predicted octanol–water partition coefficient (Wildman–Crippen LogP) is 2.58. The molecule has 0 aliphatic carbocycles. The van der Waals surface area contributed by atoms with Crippen molar-refractivity contribution < 1.29 is 0 Å². The molecule has 1 aliphatic rings. The Labute approximate surface area is 87.2 Å². The Morgan fingerprint density at radius 3 is 2.50 bits per heavy atom. The molecule has 1 saturated heterocycles. The molecule has 2 heteroatoms. The van der Waals surface area contributed by atoms with Crippen LogP contribution in [0.15, 0.2) is 11.6 Å². The summed E-state index contributed by atoms with van der Waals surface area (Å²) in [6.07, 6.45) is 4.57. The van der Waals surface area contributed by atoms with Gasteiger partial charge in [0.1, 0.15) is 0 Å². The molecule has 0 radical (unpaired) electrons. The van der Waals surface area contributed by atoms with E-state index in [2.05, 4.69) is 24.8 Å². The lowest BCUT2D eigenvalue weighted by molar-refractivity contribution is 0.144. The molecule has 0 aromatic heterocycles. The average Bonchev–Trinajstić information content (AvgIpc) is 2.16. The summed E-state index contributed by atoms with van der Waals surface area (Å²) >= 11 is 0. The van der Waals surface area contributed by atoms with Gasteiger partial charge in [0.05, 0.1) is 6.07 Å². The van der Waals surface area contributed by atoms with E-state index in [4.69, 9.17) is 5.26 Å². The lowest BCUT2D eigenvalue weighted by atomic mass is 9.83. The summed E-state index contributed by atoms with van der Waals surface area (Å²) in [5.41, 5.74) is 1.35. The molecule has 0 bridgehead atoms. The standard InChI is InChI=1S/C12H20N2/c1-11(10-13)4-7-14-8-5-12(2,3)6-9-14/h4H,5-9H2,1-3H3/b11-4-. The minimum atomic E-state index is 0.518. The second kappa shape index (κ2) is 4.61. The molecule has 0 aromatic rings. The van der Waals surface area contributed by atoms with E-state index in [1.54, 1.807) is 0 Å². The molecule has 1 fully saturated rings. The van der Waals surface area contributed by atoms with Gasteiger partial charge in [0.25, 0.3) is 0 Å². The maximum atomic E-state index is 8.61. The van der Waals surface area contributed by atoms with Crippen LogP contribution in [0.25, 0.3) is 0 Å². The Morgan fingerprint density at radius 1 is 1.43 bits per heavy atom. The summed E-state index contributed by atoms with van der Waals surface area (Å²) in [6.45, 7) is 9.81. The van der Waals surface area contributed by atoms with Gasteiger partial charge >= 0.3 is 0 Å². The lowest BCUT2D eigenvalue weighted by Crippen LogP contribution is -2.37. The quantitative estimate of drug-likeness (QED) is 0.629. The minimum absolute atomic E-state index is 0.518. The van der Waals surface area contributed by atoms with Crippen LogP contribution >= 0.6 is 0 Å². The summed E-state index contributed by atoms with van der Waals surface area (Å²) in [4.78, 5) is 2.42. The lowest BCUT2D eigenvalue weighted by Gasteiger charge is -2.36. The van der Waals surface area contributed by atoms with Crippen LogP contribution in [0.1, 0.15) is 33.6 Å². The van der Waals surface area contributed by atoms with Gasteiger partial charge in [-0.25, -0.2) is 0 Å². The fourth-order valence-corrected chi connectivity index (χ4v) is 1.65. The Hall–Kier alpha value is -0.810. The first-order chi connectivity index (χ1) is 6.53. The van der Waals surface area contributed by atoms with E-state index >= 15 is 0 Å². The normalized spacial score (nSPS) is 23.1. The topological polar surface area (TPSA) is 27.0 Å². The molecule has 0 amide bonds. The summed E-state index contributed by atoms with van der Waals surface area (Å²) < 4.78 is 0. The largest absolute Gasteiger partial charge is 0.300 e. The van der Waals surface area contributed by atoms with Crippen molar-refractivity contribution >= 4 is 0 Å². The Bertz CT molecular complexity index is 248. The molecule has 1 rings (SSSR count). The second-order valence-electron chi connectivity index (χ2n) is 4.96. The maximum Gasteiger partial charge on any atom is 0.0941 e. The van der Waals surface area contributed by atoms with Crippen LogP contribution in [0, 0.1) is 16.7 Å². The monoisotopic (exact) mass is 192 g/mol. The first-order valence-corrected chi connectivity index (χ1v) is 5.33. The predicted molar refractivity (Wildman–Crippen MR) is 58.8 cm³/mol. The fraction of sp³-hybridized carbons (Fsp3) is 0.750. The van der Waals surface area contributed by atoms with E-state index in [-0.39, 0.29) is 0 Å². The van der Waals surface area contributed by atoms with Crippen LogP contribution in [0.3, 0.4) is 0 Å². The first-order valence-electron chi connectivity index (χ1n) is 5.33. The van der Waals surface area contributed by atoms with Crippen molar-refractivity contribution in [3.05, 3.63) is 11.6 Å². The third-order valence-corrected chi connectivity index (χ3v) is 3.04. The molecule has 0 spiro atoms. The van der Waals surface area contributed by atoms with E-state index in [9.17, 15) is 0 Å². The second-order valence-corrected chi connectivity index (χ2v) is 4.96. The van der Waals surface area contributed by atoms with Gasteiger partial charge in [0.15, 0.2) is 0 Å². The van der Waals surface area contributed by atoms with E-state index in [1.165, 1.54) is 25.9 Å². The number of nitrogens with zero attached hydrogens (tertiary/aromatic N) is 2. The molecule has 1 aliphatic heterocycles. The third kappa shape index (κ3) is 3.51. The van der Waals surface area contributed by atoms with Crippen LogP contribution in [0.2, 0.25) is 0 Å². The molecular weight excluding hydrogens is 172 g/mol. The zero-order valence-electron chi connectivity index (χ0n) is 9.51. The Morgan fingerprint density at radius 2 is 2.00 bits per heavy atom. The first kappa shape index (κ1) is 11.3. The van der Waals surface area contributed by atoms with Crippen molar-refractivity contribution in [2.75, 3.05) is 19.6 Å². The van der Waals surface area contributed by atoms with Crippen molar-refractivity contribution in [1.82, 2.24) is 4.90 Å². The van der Waals surface area contributed by atoms with E-state index in [0.717, 1.165) is 12.1 Å². The Balaban J connectivity index is 2.34. The van der Waals surface area contributed by atoms with E-state index < -0.39 is 0 Å². The van der Waals surface area contributed by atoms with Crippen LogP contribution in [-0.4, -0.2) is 24.5 Å². The highest BCUT2D eigenvalue weighted by atomic mass is 15.1. The molecule has 0 unspecified atom stereocenters. The van der Waals surface area contributed by atoms with Gasteiger partial charge in [-0.1, -0.05) is 19.9 Å². The van der Waals surface area contributed by atoms with E-state index in [0.29, 0.717) is 5.41 Å². The molecule has 78 valence electrons. The molecule has 0 N–H and O–H groups in total. The van der Waals surface area contributed by atoms with Gasteiger partial charge < -0.3 is 0 Å². The highest BCUT2D eigenvalue weighted by molar-refractivity contribution is 5.17. The maximum absolute atomic E-state index is 8.61. The SMILES string of the molecule is C/C(C#N)=C/CN1CCC(C)(C)CC1.